The summed E-state index contributed by atoms with van der Waals surface area (Å²) in [4.78, 5) is 10.8. The number of carbonyl (C=O) groups is 1. The quantitative estimate of drug-likeness (QED) is 0.575. The van der Waals surface area contributed by atoms with Crippen molar-refractivity contribution in [2.24, 2.45) is 0 Å². The molecule has 3 heteroatoms. The van der Waals surface area contributed by atoms with Crippen molar-refractivity contribution in [2.45, 2.75) is 26.7 Å². The van der Waals surface area contributed by atoms with Crippen LogP contribution < -0.4 is 0 Å². The van der Waals surface area contributed by atoms with E-state index in [1.165, 1.54) is 0 Å². The first kappa shape index (κ1) is 10.4. The van der Waals surface area contributed by atoms with Gasteiger partial charge in [0.05, 0.1) is 0 Å². The van der Waals surface area contributed by atoms with Gasteiger partial charge in [-0.25, -0.2) is 0 Å². The average molecular weight is 340 g/mol. The van der Waals surface area contributed by atoms with Gasteiger partial charge in [-0.15, -0.1) is 0 Å². The Morgan fingerprint density at radius 2 is 2.10 bits per heavy atom. The molecule has 0 amide bonds. The first-order valence-electron chi connectivity index (χ1n) is 3.47. The number of hydrogen-bond acceptors (Lipinski definition) is 2. The molecule has 0 atom stereocenters. The fourth-order valence-electron chi connectivity index (χ4n) is 0.520. The normalized spacial score (nSPS) is 10.0. The van der Waals surface area contributed by atoms with Crippen molar-refractivity contribution in [3.63, 3.8) is 0 Å². The Labute approximate surface area is 70.6 Å². The van der Waals surface area contributed by atoms with Gasteiger partial charge in [-0.3, -0.25) is 0 Å². The Hall–Kier alpha value is 0.353. The molecule has 0 fully saturated rings. The Balaban J connectivity index is 3.26. The van der Waals surface area contributed by atoms with Gasteiger partial charge in [-0.2, -0.15) is 0 Å². The third-order valence-corrected chi connectivity index (χ3v) is 4.37. The Morgan fingerprint density at radius 3 is 2.50 bits per heavy atom. The molecular weight excluding hydrogens is 325 g/mol. The molecule has 0 aliphatic carbocycles. The van der Waals surface area contributed by atoms with Gasteiger partial charge in [0.25, 0.3) is 0 Å². The molecule has 0 radical (unpaired) electrons. The summed E-state index contributed by atoms with van der Waals surface area (Å²) in [7, 11) is 0. The molecule has 10 heavy (non-hydrogen) atoms. The van der Waals surface area contributed by atoms with Crippen molar-refractivity contribution in [3.05, 3.63) is 0 Å². The van der Waals surface area contributed by atoms with Crippen LogP contribution in [0.3, 0.4) is 0 Å². The van der Waals surface area contributed by atoms with Crippen LogP contribution in [0.25, 0.3) is 0 Å². The van der Waals surface area contributed by atoms with Crippen LogP contribution in [-0.4, -0.2) is 34.3 Å². The summed E-state index contributed by atoms with van der Waals surface area (Å²) in [6.07, 6.45) is 0.929. The SMILES string of the molecule is CCCOC(=O)[CH2][Bi]([CH3])[CH3]. The fraction of sp³-hybridized carbons (Fsp3) is 0.857. The van der Waals surface area contributed by atoms with E-state index < -0.39 is 21.8 Å². The van der Waals surface area contributed by atoms with Gasteiger partial charge in [0.1, 0.15) is 0 Å². The summed E-state index contributed by atoms with van der Waals surface area (Å²) in [6.45, 7) is 2.60. The number of rotatable bonds is 4. The first-order chi connectivity index (χ1) is 4.66. The zero-order valence-corrected chi connectivity index (χ0v) is 10.4. The molecule has 0 aromatic heterocycles. The summed E-state index contributed by atoms with van der Waals surface area (Å²) in [6, 6.07) is 0. The average Bonchev–Trinajstić information content (AvgIpc) is 1.82. The standard InChI is InChI=1S/C5H9O2.2CH3.Bi/c1-3-4-7-5(2)6;;;/h2-4H2,1H3;2*1H3;. The van der Waals surface area contributed by atoms with Crippen LogP contribution in [0.4, 0.5) is 0 Å². The van der Waals surface area contributed by atoms with Crippen molar-refractivity contribution in [1.29, 1.82) is 0 Å². The second kappa shape index (κ2) is 6.09. The predicted molar refractivity (Wildman–Crippen MR) is 43.5 cm³/mol. The summed E-state index contributed by atoms with van der Waals surface area (Å²) in [5.74, 6) is 0.0182. The van der Waals surface area contributed by atoms with Crippen LogP contribution in [0.2, 0.25) is 13.4 Å². The molecule has 0 bridgehead atoms. The number of hydrogen-bond donors (Lipinski definition) is 0. The molecule has 0 aromatic carbocycles. The summed E-state index contributed by atoms with van der Waals surface area (Å²) < 4.78 is 10.1. The van der Waals surface area contributed by atoms with Gasteiger partial charge >= 0.3 is 70.6 Å². The summed E-state index contributed by atoms with van der Waals surface area (Å²) in [5.41, 5.74) is 0. The van der Waals surface area contributed by atoms with Gasteiger partial charge in [0.15, 0.2) is 0 Å². The van der Waals surface area contributed by atoms with Crippen molar-refractivity contribution in [2.75, 3.05) is 6.61 Å². The van der Waals surface area contributed by atoms with Crippen LogP contribution in [-0.2, 0) is 9.53 Å². The maximum atomic E-state index is 10.8. The Kier molecular flexibility index (Phi) is 6.30. The van der Waals surface area contributed by atoms with E-state index in [1.54, 1.807) is 0 Å². The Morgan fingerprint density at radius 1 is 1.50 bits per heavy atom. The molecule has 0 N–H and O–H groups in total. The Bertz CT molecular complexity index is 102. The zero-order chi connectivity index (χ0) is 7.98. The van der Waals surface area contributed by atoms with E-state index in [1.807, 2.05) is 6.92 Å². The second-order valence-corrected chi connectivity index (χ2v) is 12.1. The molecule has 0 saturated heterocycles. The van der Waals surface area contributed by atoms with Crippen LogP contribution in [0.15, 0.2) is 0 Å². The van der Waals surface area contributed by atoms with E-state index in [-0.39, 0.29) is 5.97 Å². The number of carbonyl (C=O) groups excluding carboxylic acids is 1. The maximum absolute atomic E-state index is 10.8. The van der Waals surface area contributed by atoms with Crippen LogP contribution >= 0.6 is 0 Å². The molecule has 60 valence electrons. The van der Waals surface area contributed by atoms with E-state index >= 15 is 0 Å². The topological polar surface area (TPSA) is 26.3 Å². The van der Waals surface area contributed by atoms with Crippen LogP contribution in [0, 0.1) is 0 Å². The van der Waals surface area contributed by atoms with E-state index in [0.29, 0.717) is 6.61 Å². The fourth-order valence-corrected chi connectivity index (χ4v) is 2.88. The molecule has 0 aliphatic rings. The summed E-state index contributed by atoms with van der Waals surface area (Å²) in [5, 5.41) is 0. The zero-order valence-electron chi connectivity index (χ0n) is 6.89. The molecular formula is C7H15BiO2. The molecule has 0 aliphatic heterocycles. The van der Waals surface area contributed by atoms with Crippen molar-refractivity contribution in [3.8, 4) is 0 Å². The summed E-state index contributed by atoms with van der Waals surface area (Å²) >= 11 is -1.28. The minimum atomic E-state index is -1.28. The van der Waals surface area contributed by atoms with Gasteiger partial charge in [0.2, 0.25) is 0 Å². The molecule has 0 aromatic rings. The number of ether oxygens (including phenoxy) is 1. The first-order valence-corrected chi connectivity index (χ1v) is 12.9. The monoisotopic (exact) mass is 340 g/mol. The van der Waals surface area contributed by atoms with E-state index in [9.17, 15) is 4.79 Å². The second-order valence-electron chi connectivity index (χ2n) is 2.46. The van der Waals surface area contributed by atoms with E-state index in [4.69, 9.17) is 4.74 Å². The van der Waals surface area contributed by atoms with Crippen molar-refractivity contribution >= 4 is 27.7 Å². The molecule has 0 unspecified atom stereocenters. The van der Waals surface area contributed by atoms with Crippen molar-refractivity contribution < 1.29 is 9.53 Å². The van der Waals surface area contributed by atoms with E-state index in [2.05, 4.69) is 9.26 Å². The van der Waals surface area contributed by atoms with Gasteiger partial charge in [-0.05, 0) is 0 Å². The third-order valence-electron chi connectivity index (χ3n) is 0.913. The van der Waals surface area contributed by atoms with E-state index in [0.717, 1.165) is 10.5 Å². The molecule has 0 rings (SSSR count). The minimum absolute atomic E-state index is 0.0182. The molecule has 0 spiro atoms. The van der Waals surface area contributed by atoms with Crippen LogP contribution in [0.5, 0.6) is 0 Å². The van der Waals surface area contributed by atoms with Gasteiger partial charge in [0, 0.05) is 0 Å². The molecule has 0 saturated carbocycles. The number of esters is 1. The van der Waals surface area contributed by atoms with Gasteiger partial charge < -0.3 is 0 Å². The molecule has 2 nitrogen and oxygen atoms in total. The molecule has 0 heterocycles. The van der Waals surface area contributed by atoms with Gasteiger partial charge in [-0.1, -0.05) is 0 Å². The van der Waals surface area contributed by atoms with Crippen molar-refractivity contribution in [1.82, 2.24) is 0 Å². The van der Waals surface area contributed by atoms with Crippen LogP contribution in [0.1, 0.15) is 13.3 Å². The third kappa shape index (κ3) is 6.47. The predicted octanol–water partition coefficient (Wildman–Crippen LogP) is 1.69.